The van der Waals surface area contributed by atoms with Crippen molar-refractivity contribution in [3.63, 3.8) is 0 Å². The van der Waals surface area contributed by atoms with Crippen molar-refractivity contribution in [1.29, 1.82) is 0 Å². The number of nitrogens with one attached hydrogen (secondary N) is 3. The largest absolute Gasteiger partial charge is 0.351 e. The summed E-state index contributed by atoms with van der Waals surface area (Å²) in [5.74, 6) is 2.94. The standard InChI is InChI=1S/C46H45Cl2FN6O5/c1-3-5-9-32(47)22-24-52-45(59)42(35-11-7-12-37(48)41(35)49)54(26-28-13-14-28)33(4-2)25-38(50)30-15-17-31(18-16-30)43(57)51-23-21-29-8-6-10-34-36(29)27-55(46(34)60)39-19-20-40(56)53-44(39)58/h1,5-12,15-18,22,28,33,38-39,42H,4,13-14,19-20,24-27,50H2,2H3,(H,51,57)(H,52,59)(H,53,56,58)/b9-5-,32-22+/t33-,38?,39?,42?/m1/s1. The summed E-state index contributed by atoms with van der Waals surface area (Å²) in [6.45, 7) is 2.80. The maximum Gasteiger partial charge on any atom is 0.262 e. The minimum atomic E-state index is -1.01. The summed E-state index contributed by atoms with van der Waals surface area (Å²) in [5.41, 5.74) is 9.69. The average Bonchev–Trinajstić information content (AvgIpc) is 4.00. The lowest BCUT2D eigenvalue weighted by Crippen LogP contribution is -2.52. The number of carbonyl (C=O) groups is 5. The first-order valence-corrected chi connectivity index (χ1v) is 20.5. The Balaban J connectivity index is 1.14. The number of benzene rings is 3. The quantitative estimate of drug-likeness (QED) is 0.0631. The number of carbonyl (C=O) groups excluding carboxylic acids is 5. The number of nitrogens with two attached hydrogens (primary N) is 1. The third-order valence-corrected chi connectivity index (χ3v) is 11.5. The van der Waals surface area contributed by atoms with Gasteiger partial charge in [-0.25, -0.2) is 4.39 Å². The monoisotopic (exact) mass is 850 g/mol. The molecule has 0 spiro atoms. The lowest BCUT2D eigenvalue weighted by Gasteiger charge is -2.38. The van der Waals surface area contributed by atoms with Crippen molar-refractivity contribution in [2.24, 2.45) is 11.7 Å². The fraction of sp³-hybridized carbons (Fsp3) is 0.326. The molecule has 2 aliphatic heterocycles. The van der Waals surface area contributed by atoms with E-state index in [0.29, 0.717) is 52.6 Å². The second-order valence-electron chi connectivity index (χ2n) is 15.0. The van der Waals surface area contributed by atoms with Crippen molar-refractivity contribution in [2.45, 2.75) is 76.2 Å². The van der Waals surface area contributed by atoms with Gasteiger partial charge in [0, 0.05) is 71.5 Å². The molecule has 5 amide bonds. The number of rotatable bonds is 15. The summed E-state index contributed by atoms with van der Waals surface area (Å²) >= 11 is 12.5. The molecular formula is C46H45Cl2FN6O5. The summed E-state index contributed by atoms with van der Waals surface area (Å²) in [5, 5.41) is 8.05. The van der Waals surface area contributed by atoms with E-state index >= 15 is 4.39 Å². The van der Waals surface area contributed by atoms with Crippen molar-refractivity contribution in [3.8, 4) is 24.3 Å². The Morgan fingerprint density at radius 3 is 2.55 bits per heavy atom. The van der Waals surface area contributed by atoms with Crippen LogP contribution in [0.3, 0.4) is 0 Å². The number of allylic oxidation sites excluding steroid dienone is 3. The molecule has 2 fully saturated rings. The zero-order valence-electron chi connectivity index (χ0n) is 33.0. The molecule has 2 heterocycles. The first-order valence-electron chi connectivity index (χ1n) is 19.8. The van der Waals surface area contributed by atoms with E-state index in [2.05, 4.69) is 33.8 Å². The average molecular weight is 852 g/mol. The van der Waals surface area contributed by atoms with Crippen LogP contribution in [0, 0.1) is 36.0 Å². The van der Waals surface area contributed by atoms with Gasteiger partial charge in [0.25, 0.3) is 11.8 Å². The summed E-state index contributed by atoms with van der Waals surface area (Å²) in [4.78, 5) is 67.9. The lowest BCUT2D eigenvalue weighted by atomic mass is 9.93. The van der Waals surface area contributed by atoms with Gasteiger partial charge in [-0.3, -0.25) is 39.5 Å². The summed E-state index contributed by atoms with van der Waals surface area (Å²) in [7, 11) is 0. The molecule has 3 unspecified atom stereocenters. The number of hydrogen-bond acceptors (Lipinski definition) is 7. The highest BCUT2D eigenvalue weighted by Gasteiger charge is 2.40. The maximum absolute atomic E-state index is 15.7. The second-order valence-corrected chi connectivity index (χ2v) is 15.8. The molecule has 6 rings (SSSR count). The molecule has 3 aliphatic rings. The first kappa shape index (κ1) is 43.8. The molecule has 4 atom stereocenters. The third kappa shape index (κ3) is 10.5. The third-order valence-electron chi connectivity index (χ3n) is 11.0. The smallest absolute Gasteiger partial charge is 0.262 e. The molecule has 60 heavy (non-hydrogen) atoms. The molecule has 1 saturated carbocycles. The Morgan fingerprint density at radius 1 is 1.10 bits per heavy atom. The molecule has 310 valence electrons. The van der Waals surface area contributed by atoms with E-state index in [1.807, 2.05) is 11.8 Å². The zero-order valence-corrected chi connectivity index (χ0v) is 34.5. The van der Waals surface area contributed by atoms with Gasteiger partial charge in [0.2, 0.25) is 17.7 Å². The number of piperidine rings is 1. The number of amides is 5. The Kier molecular flexibility index (Phi) is 14.6. The van der Waals surface area contributed by atoms with Crippen LogP contribution in [-0.2, 0) is 20.9 Å². The van der Waals surface area contributed by atoms with Gasteiger partial charge in [-0.1, -0.05) is 66.4 Å². The molecule has 5 N–H and O–H groups in total. The van der Waals surface area contributed by atoms with Crippen LogP contribution in [0.2, 0.25) is 5.02 Å². The van der Waals surface area contributed by atoms with Crippen LogP contribution in [0.5, 0.6) is 0 Å². The van der Waals surface area contributed by atoms with Gasteiger partial charge in [-0.15, -0.1) is 6.42 Å². The topological polar surface area (TPSA) is 154 Å². The fourth-order valence-electron chi connectivity index (χ4n) is 7.59. The van der Waals surface area contributed by atoms with Crippen molar-refractivity contribution < 1.29 is 28.4 Å². The SMILES string of the molecule is C#C/C=C\C(Cl)=C/CNC(=O)C(c1cccc(Cl)c1F)N(CC1CC1)[C@H](CC)CC(N)c1ccc(C(=O)NC#Cc2cccc3c2CN(C2CCC(=O)NC2=O)C3=O)cc1. The van der Waals surface area contributed by atoms with E-state index in [1.165, 1.54) is 23.1 Å². The molecule has 0 aromatic heterocycles. The Morgan fingerprint density at radius 2 is 1.85 bits per heavy atom. The van der Waals surface area contributed by atoms with Crippen LogP contribution < -0.4 is 21.7 Å². The van der Waals surface area contributed by atoms with E-state index in [0.717, 1.165) is 18.4 Å². The number of fused-ring (bicyclic) bond motifs is 1. The number of imide groups is 1. The van der Waals surface area contributed by atoms with E-state index in [-0.39, 0.29) is 54.4 Å². The highest BCUT2D eigenvalue weighted by molar-refractivity contribution is 6.31. The Bertz CT molecular complexity index is 2330. The predicted octanol–water partition coefficient (Wildman–Crippen LogP) is 6.03. The molecular weight excluding hydrogens is 806 g/mol. The van der Waals surface area contributed by atoms with Crippen molar-refractivity contribution in [3.05, 3.63) is 128 Å². The summed E-state index contributed by atoms with van der Waals surface area (Å²) in [6, 6.07) is 16.8. The molecule has 3 aromatic carbocycles. The fourth-order valence-corrected chi connectivity index (χ4v) is 7.91. The summed E-state index contributed by atoms with van der Waals surface area (Å²) < 4.78 is 15.7. The minimum absolute atomic E-state index is 0.0858. The van der Waals surface area contributed by atoms with Crippen LogP contribution in [0.15, 0.2) is 83.9 Å². The van der Waals surface area contributed by atoms with E-state index in [9.17, 15) is 24.0 Å². The van der Waals surface area contributed by atoms with E-state index < -0.39 is 41.7 Å². The van der Waals surface area contributed by atoms with Gasteiger partial charge in [0.05, 0.1) is 5.02 Å². The predicted molar refractivity (Wildman–Crippen MR) is 227 cm³/mol. The molecule has 1 aliphatic carbocycles. The van der Waals surface area contributed by atoms with Crippen molar-refractivity contribution in [1.82, 2.24) is 25.8 Å². The van der Waals surface area contributed by atoms with Gasteiger partial charge in [-0.05, 0) is 104 Å². The number of nitrogens with zero attached hydrogens (tertiary/aromatic N) is 2. The molecule has 11 nitrogen and oxygen atoms in total. The summed E-state index contributed by atoms with van der Waals surface area (Å²) in [6.07, 6.45) is 13.3. The van der Waals surface area contributed by atoms with Crippen molar-refractivity contribution >= 4 is 52.7 Å². The zero-order chi connectivity index (χ0) is 42.9. The van der Waals surface area contributed by atoms with E-state index in [4.69, 9.17) is 35.4 Å². The molecule has 14 heteroatoms. The van der Waals surface area contributed by atoms with Crippen LogP contribution in [0.1, 0.15) is 101 Å². The number of halogens is 3. The van der Waals surface area contributed by atoms with Crippen LogP contribution >= 0.6 is 23.2 Å². The van der Waals surface area contributed by atoms with Crippen molar-refractivity contribution in [2.75, 3.05) is 13.1 Å². The Labute approximate surface area is 358 Å². The second kappa shape index (κ2) is 20.0. The van der Waals surface area contributed by atoms with Crippen LogP contribution in [0.25, 0.3) is 0 Å². The van der Waals surface area contributed by atoms with Gasteiger partial charge < -0.3 is 16.0 Å². The molecule has 0 bridgehead atoms. The van der Waals surface area contributed by atoms with E-state index in [1.54, 1.807) is 60.7 Å². The minimum Gasteiger partial charge on any atom is -0.351 e. The van der Waals surface area contributed by atoms with Crippen LogP contribution in [-0.4, -0.2) is 64.5 Å². The normalized spacial score (nSPS) is 17.9. The lowest BCUT2D eigenvalue weighted by molar-refractivity contribution is -0.137. The highest BCUT2D eigenvalue weighted by atomic mass is 35.5. The first-order chi connectivity index (χ1) is 28.9. The van der Waals surface area contributed by atoms with Gasteiger partial charge in [0.1, 0.15) is 17.9 Å². The van der Waals surface area contributed by atoms with Crippen LogP contribution in [0.4, 0.5) is 4.39 Å². The maximum atomic E-state index is 15.7. The van der Waals surface area contributed by atoms with Gasteiger partial charge in [-0.2, -0.15) is 0 Å². The van der Waals surface area contributed by atoms with Gasteiger partial charge >= 0.3 is 0 Å². The van der Waals surface area contributed by atoms with Gasteiger partial charge in [0.15, 0.2) is 0 Å². The Hall–Kier alpha value is -5.76. The highest BCUT2D eigenvalue weighted by Crippen LogP contribution is 2.38. The molecule has 1 saturated heterocycles. The molecule has 3 aromatic rings. The number of hydrogen-bond donors (Lipinski definition) is 4. The molecule has 0 radical (unpaired) electrons. The number of terminal acetylenes is 1.